The standard InChI is InChI=1S/C19H14FN3OS/c1-12-6-7-16-13(8-12)9-14(10-21)19(23-16)25-11-18(24)22-17-5-3-2-4-15(17)20/h2-9H,11H2,1H3,(H,22,24). The number of aromatic nitrogens is 1. The van der Waals surface area contributed by atoms with Crippen LogP contribution in [0.5, 0.6) is 0 Å². The third kappa shape index (κ3) is 3.95. The van der Waals surface area contributed by atoms with Crippen molar-refractivity contribution in [3.8, 4) is 6.07 Å². The summed E-state index contributed by atoms with van der Waals surface area (Å²) >= 11 is 1.16. The van der Waals surface area contributed by atoms with E-state index in [2.05, 4.69) is 16.4 Å². The summed E-state index contributed by atoms with van der Waals surface area (Å²) in [6.07, 6.45) is 0. The maximum absolute atomic E-state index is 13.6. The van der Waals surface area contributed by atoms with Gasteiger partial charge in [0.05, 0.1) is 22.5 Å². The number of thioether (sulfide) groups is 1. The fraction of sp³-hybridized carbons (Fsp3) is 0.105. The minimum absolute atomic E-state index is 0.0351. The maximum Gasteiger partial charge on any atom is 0.234 e. The van der Waals surface area contributed by atoms with Crippen molar-refractivity contribution in [2.45, 2.75) is 11.9 Å². The molecule has 3 aromatic rings. The predicted molar refractivity (Wildman–Crippen MR) is 96.9 cm³/mol. The van der Waals surface area contributed by atoms with E-state index in [0.29, 0.717) is 10.6 Å². The predicted octanol–water partition coefficient (Wildman–Crippen LogP) is 4.28. The highest BCUT2D eigenvalue weighted by atomic mass is 32.2. The van der Waals surface area contributed by atoms with Crippen molar-refractivity contribution in [2.75, 3.05) is 11.1 Å². The van der Waals surface area contributed by atoms with Crippen LogP contribution in [0.3, 0.4) is 0 Å². The Kier molecular flexibility index (Phi) is 4.96. The van der Waals surface area contributed by atoms with E-state index in [0.717, 1.165) is 28.2 Å². The van der Waals surface area contributed by atoms with Gasteiger partial charge in [-0.05, 0) is 37.3 Å². The zero-order chi connectivity index (χ0) is 17.8. The van der Waals surface area contributed by atoms with Crippen molar-refractivity contribution in [1.82, 2.24) is 4.98 Å². The number of fused-ring (bicyclic) bond motifs is 1. The van der Waals surface area contributed by atoms with Gasteiger partial charge in [0, 0.05) is 5.39 Å². The summed E-state index contributed by atoms with van der Waals surface area (Å²) in [6, 6.07) is 15.7. The Bertz CT molecular complexity index is 998. The maximum atomic E-state index is 13.6. The Balaban J connectivity index is 1.76. The van der Waals surface area contributed by atoms with Gasteiger partial charge in [-0.15, -0.1) is 0 Å². The summed E-state index contributed by atoms with van der Waals surface area (Å²) in [7, 11) is 0. The lowest BCUT2D eigenvalue weighted by Gasteiger charge is -2.08. The molecule has 25 heavy (non-hydrogen) atoms. The molecule has 124 valence electrons. The second kappa shape index (κ2) is 7.32. The number of benzene rings is 2. The second-order valence-electron chi connectivity index (χ2n) is 5.47. The summed E-state index contributed by atoms with van der Waals surface area (Å²) in [5.41, 5.74) is 2.40. The van der Waals surface area contributed by atoms with Crippen LogP contribution in [-0.4, -0.2) is 16.6 Å². The van der Waals surface area contributed by atoms with Crippen molar-refractivity contribution >= 4 is 34.3 Å². The number of carbonyl (C=O) groups excluding carboxylic acids is 1. The van der Waals surface area contributed by atoms with E-state index in [1.165, 1.54) is 12.1 Å². The van der Waals surface area contributed by atoms with Crippen LogP contribution in [0.25, 0.3) is 10.9 Å². The summed E-state index contributed by atoms with van der Waals surface area (Å²) in [5, 5.41) is 13.2. The summed E-state index contributed by atoms with van der Waals surface area (Å²) in [6.45, 7) is 1.97. The minimum Gasteiger partial charge on any atom is -0.323 e. The molecular formula is C19H14FN3OS. The number of para-hydroxylation sites is 1. The van der Waals surface area contributed by atoms with Gasteiger partial charge in [0.2, 0.25) is 5.91 Å². The van der Waals surface area contributed by atoms with Crippen LogP contribution >= 0.6 is 11.8 Å². The highest BCUT2D eigenvalue weighted by molar-refractivity contribution is 8.00. The molecule has 0 atom stereocenters. The van der Waals surface area contributed by atoms with E-state index in [4.69, 9.17) is 0 Å². The zero-order valence-electron chi connectivity index (χ0n) is 13.4. The number of amides is 1. The molecule has 0 bridgehead atoms. The third-order valence-corrected chi connectivity index (χ3v) is 4.53. The van der Waals surface area contributed by atoms with Gasteiger partial charge >= 0.3 is 0 Å². The highest BCUT2D eigenvalue weighted by Gasteiger charge is 2.11. The van der Waals surface area contributed by atoms with Gasteiger partial charge in [0.1, 0.15) is 16.9 Å². The first-order valence-electron chi connectivity index (χ1n) is 7.55. The quantitative estimate of drug-likeness (QED) is 0.712. The van der Waals surface area contributed by atoms with E-state index >= 15 is 0 Å². The third-order valence-electron chi connectivity index (χ3n) is 3.54. The van der Waals surface area contributed by atoms with Crippen LogP contribution in [0.1, 0.15) is 11.1 Å². The van der Waals surface area contributed by atoms with Gasteiger partial charge in [-0.3, -0.25) is 4.79 Å². The molecule has 4 nitrogen and oxygen atoms in total. The van der Waals surface area contributed by atoms with Crippen molar-refractivity contribution in [3.05, 3.63) is 65.5 Å². The Morgan fingerprint density at radius 2 is 2.08 bits per heavy atom. The van der Waals surface area contributed by atoms with Gasteiger partial charge in [-0.1, -0.05) is 35.5 Å². The summed E-state index contributed by atoms with van der Waals surface area (Å²) in [4.78, 5) is 16.5. The van der Waals surface area contributed by atoms with Gasteiger partial charge in [-0.25, -0.2) is 9.37 Å². The van der Waals surface area contributed by atoms with Crippen LogP contribution in [0, 0.1) is 24.1 Å². The number of pyridine rings is 1. The van der Waals surface area contributed by atoms with E-state index in [1.54, 1.807) is 18.2 Å². The first-order chi connectivity index (χ1) is 12.1. The summed E-state index contributed by atoms with van der Waals surface area (Å²) < 4.78 is 13.6. The van der Waals surface area contributed by atoms with E-state index in [1.807, 2.05) is 25.1 Å². The molecule has 0 aliphatic heterocycles. The molecule has 0 radical (unpaired) electrons. The molecule has 1 aromatic heterocycles. The molecule has 3 rings (SSSR count). The molecule has 0 unspecified atom stereocenters. The molecule has 0 fully saturated rings. The SMILES string of the molecule is Cc1ccc2nc(SCC(=O)Nc3ccccc3F)c(C#N)cc2c1. The number of hydrogen-bond acceptors (Lipinski definition) is 4. The molecule has 0 saturated heterocycles. The molecule has 6 heteroatoms. The second-order valence-corrected chi connectivity index (χ2v) is 6.43. The smallest absolute Gasteiger partial charge is 0.234 e. The average Bonchev–Trinajstić information content (AvgIpc) is 2.61. The first kappa shape index (κ1) is 16.9. The topological polar surface area (TPSA) is 65.8 Å². The fourth-order valence-electron chi connectivity index (χ4n) is 2.35. The van der Waals surface area contributed by atoms with E-state index in [-0.39, 0.29) is 17.3 Å². The fourth-order valence-corrected chi connectivity index (χ4v) is 3.11. The van der Waals surface area contributed by atoms with Gasteiger partial charge in [-0.2, -0.15) is 5.26 Å². The van der Waals surface area contributed by atoms with Crippen LogP contribution in [-0.2, 0) is 4.79 Å². The molecule has 1 heterocycles. The average molecular weight is 351 g/mol. The Hall–Kier alpha value is -2.91. The van der Waals surface area contributed by atoms with Crippen molar-refractivity contribution in [3.63, 3.8) is 0 Å². The highest BCUT2D eigenvalue weighted by Crippen LogP contribution is 2.25. The molecule has 0 aliphatic rings. The van der Waals surface area contributed by atoms with Crippen LogP contribution in [0.15, 0.2) is 53.6 Å². The lowest BCUT2D eigenvalue weighted by atomic mass is 10.1. The van der Waals surface area contributed by atoms with Gasteiger partial charge < -0.3 is 5.32 Å². The molecular weight excluding hydrogens is 337 g/mol. The molecule has 2 aromatic carbocycles. The first-order valence-corrected chi connectivity index (χ1v) is 8.54. The van der Waals surface area contributed by atoms with Crippen molar-refractivity contribution < 1.29 is 9.18 Å². The monoisotopic (exact) mass is 351 g/mol. The number of hydrogen-bond donors (Lipinski definition) is 1. The molecule has 0 spiro atoms. The summed E-state index contributed by atoms with van der Waals surface area (Å²) in [5.74, 6) is -0.810. The largest absolute Gasteiger partial charge is 0.323 e. The number of carbonyl (C=O) groups is 1. The number of nitriles is 1. The van der Waals surface area contributed by atoms with Crippen molar-refractivity contribution in [1.29, 1.82) is 5.26 Å². The lowest BCUT2D eigenvalue weighted by Crippen LogP contribution is -2.15. The number of rotatable bonds is 4. The normalized spacial score (nSPS) is 10.4. The lowest BCUT2D eigenvalue weighted by molar-refractivity contribution is -0.113. The van der Waals surface area contributed by atoms with Gasteiger partial charge in [0.25, 0.3) is 0 Å². The minimum atomic E-state index is -0.488. The van der Waals surface area contributed by atoms with E-state index in [9.17, 15) is 14.4 Å². The zero-order valence-corrected chi connectivity index (χ0v) is 14.2. The number of nitrogens with one attached hydrogen (secondary N) is 1. The Morgan fingerprint density at radius 1 is 1.28 bits per heavy atom. The Morgan fingerprint density at radius 3 is 2.84 bits per heavy atom. The number of nitrogens with zero attached hydrogens (tertiary/aromatic N) is 2. The Labute approximate surface area is 148 Å². The van der Waals surface area contributed by atoms with Crippen LogP contribution in [0.2, 0.25) is 0 Å². The molecule has 1 N–H and O–H groups in total. The number of anilines is 1. The molecule has 1 amide bonds. The number of halogens is 1. The molecule has 0 aliphatic carbocycles. The van der Waals surface area contributed by atoms with Crippen LogP contribution < -0.4 is 5.32 Å². The van der Waals surface area contributed by atoms with Gasteiger partial charge in [0.15, 0.2) is 0 Å². The number of aryl methyl sites for hydroxylation is 1. The molecule has 0 saturated carbocycles. The van der Waals surface area contributed by atoms with Crippen molar-refractivity contribution in [2.24, 2.45) is 0 Å². The van der Waals surface area contributed by atoms with E-state index < -0.39 is 5.82 Å². The van der Waals surface area contributed by atoms with Crippen LogP contribution in [0.4, 0.5) is 10.1 Å².